The number of nitrogens with one attached hydrogen (secondary N) is 2. The van der Waals surface area contributed by atoms with Crippen LogP contribution in [0.2, 0.25) is 0 Å². The predicted molar refractivity (Wildman–Crippen MR) is 107 cm³/mol. The molecule has 27 heavy (non-hydrogen) atoms. The van der Waals surface area contributed by atoms with Crippen LogP contribution in [0.4, 0.5) is 5.82 Å². The highest BCUT2D eigenvalue weighted by atomic mass is 32.1. The minimum absolute atomic E-state index is 0.0531. The molecule has 1 aliphatic heterocycles. The minimum Gasteiger partial charge on any atom is -0.354 e. The number of hydrogen-bond donors (Lipinski definition) is 2. The molecule has 138 valence electrons. The van der Waals surface area contributed by atoms with Crippen molar-refractivity contribution in [3.05, 3.63) is 63.3 Å². The normalized spacial score (nSPS) is 16.6. The van der Waals surface area contributed by atoms with Crippen molar-refractivity contribution in [2.24, 2.45) is 7.05 Å². The number of H-pyrrole nitrogens is 1. The van der Waals surface area contributed by atoms with Crippen LogP contribution in [0.5, 0.6) is 0 Å². The average Bonchev–Trinajstić information content (AvgIpc) is 3.15. The molecule has 1 saturated heterocycles. The third-order valence-corrected chi connectivity index (χ3v) is 5.24. The van der Waals surface area contributed by atoms with Gasteiger partial charge in [-0.25, -0.2) is 4.98 Å². The summed E-state index contributed by atoms with van der Waals surface area (Å²) in [6, 6.07) is 10.9. The summed E-state index contributed by atoms with van der Waals surface area (Å²) in [4.78, 5) is 34.4. The van der Waals surface area contributed by atoms with Crippen LogP contribution in [0.3, 0.4) is 0 Å². The highest BCUT2D eigenvalue weighted by molar-refractivity contribution is 7.71. The van der Waals surface area contributed by atoms with Gasteiger partial charge in [0.15, 0.2) is 4.77 Å². The molecule has 0 radical (unpaired) electrons. The summed E-state index contributed by atoms with van der Waals surface area (Å²) in [5, 5.41) is 3.57. The lowest BCUT2D eigenvalue weighted by Gasteiger charge is -2.17. The third-order valence-electron chi connectivity index (χ3n) is 4.86. The topological polar surface area (TPSA) is 83.0 Å². The van der Waals surface area contributed by atoms with E-state index in [1.807, 2.05) is 18.2 Å². The van der Waals surface area contributed by atoms with Crippen molar-refractivity contribution in [1.82, 2.24) is 19.9 Å². The summed E-state index contributed by atoms with van der Waals surface area (Å²) in [6.45, 7) is 1.57. The van der Waals surface area contributed by atoms with E-state index in [0.29, 0.717) is 21.2 Å². The lowest BCUT2D eigenvalue weighted by atomic mass is 10.1. The van der Waals surface area contributed by atoms with E-state index in [1.165, 1.54) is 4.57 Å². The number of carbonyl (C=O) groups excluding carboxylic acids is 1. The van der Waals surface area contributed by atoms with Crippen molar-refractivity contribution in [2.75, 3.05) is 18.0 Å². The summed E-state index contributed by atoms with van der Waals surface area (Å²) in [5.74, 6) is 0.758. The Hall–Kier alpha value is -3.00. The van der Waals surface area contributed by atoms with E-state index >= 15 is 0 Å². The Morgan fingerprint density at radius 1 is 1.33 bits per heavy atom. The fraction of sp³-hybridized carbons (Fsp3) is 0.263. The molecule has 1 aromatic carbocycles. The van der Waals surface area contributed by atoms with Gasteiger partial charge in [-0.1, -0.05) is 6.07 Å². The molecule has 3 aromatic rings. The zero-order valence-corrected chi connectivity index (χ0v) is 15.6. The molecule has 4 rings (SSSR count). The van der Waals surface area contributed by atoms with Crippen molar-refractivity contribution >= 4 is 34.8 Å². The third kappa shape index (κ3) is 3.35. The standard InChI is InChI=1S/C19H19N5O2S/c1-23-18(26)14-6-5-12(10-15(14)22-19(23)27)17(25)21-13-7-9-24(11-13)16-4-2-3-8-20-16/h2-6,8,10,13H,7,9,11H2,1H3,(H,21,25)(H,22,27). The van der Waals surface area contributed by atoms with Gasteiger partial charge in [0, 0.05) is 37.9 Å². The lowest BCUT2D eigenvalue weighted by molar-refractivity contribution is 0.0940. The van der Waals surface area contributed by atoms with E-state index in [9.17, 15) is 9.59 Å². The molecular formula is C19H19N5O2S. The highest BCUT2D eigenvalue weighted by Gasteiger charge is 2.25. The summed E-state index contributed by atoms with van der Waals surface area (Å²) < 4.78 is 1.70. The number of fused-ring (bicyclic) bond motifs is 1. The van der Waals surface area contributed by atoms with Gasteiger partial charge in [-0.05, 0) is 49.0 Å². The smallest absolute Gasteiger partial charge is 0.261 e. The van der Waals surface area contributed by atoms with E-state index in [-0.39, 0.29) is 17.5 Å². The fourth-order valence-corrected chi connectivity index (χ4v) is 3.54. The molecule has 0 bridgehead atoms. The first-order chi connectivity index (χ1) is 13.0. The maximum atomic E-state index is 12.7. The number of rotatable bonds is 3. The molecule has 0 aliphatic carbocycles. The van der Waals surface area contributed by atoms with Gasteiger partial charge in [-0.2, -0.15) is 0 Å². The van der Waals surface area contributed by atoms with E-state index in [0.717, 1.165) is 25.3 Å². The molecule has 3 heterocycles. The number of pyridine rings is 1. The monoisotopic (exact) mass is 381 g/mol. The Morgan fingerprint density at radius 2 is 2.19 bits per heavy atom. The first-order valence-corrected chi connectivity index (χ1v) is 9.13. The summed E-state index contributed by atoms with van der Waals surface area (Å²) >= 11 is 5.15. The molecule has 0 saturated carbocycles. The quantitative estimate of drug-likeness (QED) is 0.678. The maximum absolute atomic E-state index is 12.7. The molecule has 1 unspecified atom stereocenters. The summed E-state index contributed by atoms with van der Waals surface area (Å²) in [7, 11) is 1.62. The Morgan fingerprint density at radius 3 is 2.96 bits per heavy atom. The molecule has 1 amide bonds. The number of nitrogens with zero attached hydrogens (tertiary/aromatic N) is 3. The Bertz CT molecular complexity index is 1120. The van der Waals surface area contributed by atoms with E-state index in [2.05, 4.69) is 20.2 Å². The van der Waals surface area contributed by atoms with Crippen molar-refractivity contribution in [2.45, 2.75) is 12.5 Å². The molecule has 1 aliphatic rings. The van der Waals surface area contributed by atoms with Crippen LogP contribution in [-0.4, -0.2) is 39.6 Å². The Balaban J connectivity index is 1.51. The molecule has 8 heteroatoms. The van der Waals surface area contributed by atoms with Crippen LogP contribution in [-0.2, 0) is 7.05 Å². The van der Waals surface area contributed by atoms with Gasteiger partial charge in [0.2, 0.25) is 0 Å². The SMILES string of the molecule is Cn1c(=S)[nH]c2cc(C(=O)NC3CCN(c4ccccn4)C3)ccc2c1=O. The van der Waals surface area contributed by atoms with Crippen molar-refractivity contribution < 1.29 is 4.79 Å². The first kappa shape index (κ1) is 17.4. The van der Waals surface area contributed by atoms with Crippen LogP contribution in [0, 0.1) is 4.77 Å². The minimum atomic E-state index is -0.178. The molecule has 7 nitrogen and oxygen atoms in total. The number of amides is 1. The van der Waals surface area contributed by atoms with Gasteiger partial charge in [0.1, 0.15) is 5.82 Å². The van der Waals surface area contributed by atoms with Gasteiger partial charge < -0.3 is 15.2 Å². The number of aromatic amines is 1. The lowest BCUT2D eigenvalue weighted by Crippen LogP contribution is -2.37. The van der Waals surface area contributed by atoms with Crippen LogP contribution >= 0.6 is 12.2 Å². The molecular weight excluding hydrogens is 362 g/mol. The van der Waals surface area contributed by atoms with Gasteiger partial charge in [-0.15, -0.1) is 0 Å². The van der Waals surface area contributed by atoms with Crippen molar-refractivity contribution in [3.8, 4) is 0 Å². The number of hydrogen-bond acceptors (Lipinski definition) is 5. The molecule has 1 fully saturated rings. The second kappa shape index (κ2) is 6.96. The first-order valence-electron chi connectivity index (χ1n) is 8.73. The van der Waals surface area contributed by atoms with Crippen molar-refractivity contribution in [1.29, 1.82) is 0 Å². The van der Waals surface area contributed by atoms with Crippen LogP contribution in [0.25, 0.3) is 10.9 Å². The van der Waals surface area contributed by atoms with Crippen LogP contribution in [0.15, 0.2) is 47.4 Å². The van der Waals surface area contributed by atoms with Gasteiger partial charge >= 0.3 is 0 Å². The largest absolute Gasteiger partial charge is 0.354 e. The number of anilines is 1. The van der Waals surface area contributed by atoms with Crippen LogP contribution in [0.1, 0.15) is 16.8 Å². The maximum Gasteiger partial charge on any atom is 0.261 e. The second-order valence-electron chi connectivity index (χ2n) is 6.65. The van der Waals surface area contributed by atoms with E-state index in [1.54, 1.807) is 31.4 Å². The zero-order chi connectivity index (χ0) is 19.0. The zero-order valence-electron chi connectivity index (χ0n) is 14.8. The molecule has 2 aromatic heterocycles. The Kier molecular flexibility index (Phi) is 4.49. The fourth-order valence-electron chi connectivity index (χ4n) is 3.34. The Labute approximate surface area is 160 Å². The van der Waals surface area contributed by atoms with Gasteiger partial charge in [0.05, 0.1) is 10.9 Å². The number of benzene rings is 1. The molecule has 1 atom stereocenters. The molecule has 0 spiro atoms. The van der Waals surface area contributed by atoms with Crippen LogP contribution < -0.4 is 15.8 Å². The number of carbonyl (C=O) groups is 1. The predicted octanol–water partition coefficient (Wildman–Crippen LogP) is 2.00. The van der Waals surface area contributed by atoms with Crippen molar-refractivity contribution in [3.63, 3.8) is 0 Å². The summed E-state index contributed by atoms with van der Waals surface area (Å²) in [6.07, 6.45) is 2.63. The van der Waals surface area contributed by atoms with E-state index in [4.69, 9.17) is 12.2 Å². The van der Waals surface area contributed by atoms with Gasteiger partial charge in [0.25, 0.3) is 11.5 Å². The highest BCUT2D eigenvalue weighted by Crippen LogP contribution is 2.18. The van der Waals surface area contributed by atoms with E-state index < -0.39 is 0 Å². The number of aromatic nitrogens is 3. The average molecular weight is 381 g/mol. The summed E-state index contributed by atoms with van der Waals surface area (Å²) in [5.41, 5.74) is 0.887. The van der Waals surface area contributed by atoms with Gasteiger partial charge in [-0.3, -0.25) is 14.2 Å². The second-order valence-corrected chi connectivity index (χ2v) is 7.03. The molecule has 2 N–H and O–H groups in total.